The molecule has 5 heteroatoms. The van der Waals surface area contributed by atoms with Crippen LogP contribution in [0.2, 0.25) is 0 Å². The van der Waals surface area contributed by atoms with Crippen LogP contribution in [0.5, 0.6) is 5.75 Å². The lowest BCUT2D eigenvalue weighted by molar-refractivity contribution is 0.316. The van der Waals surface area contributed by atoms with Gasteiger partial charge in [0.15, 0.2) is 0 Å². The Balaban J connectivity index is 1.94. The van der Waals surface area contributed by atoms with Crippen molar-refractivity contribution in [2.45, 2.75) is 12.8 Å². The largest absolute Gasteiger partial charge is 0.493 e. The maximum atomic E-state index is 13.4. The summed E-state index contributed by atoms with van der Waals surface area (Å²) in [6.07, 6.45) is 3.13. The molecule has 1 heterocycles. The van der Waals surface area contributed by atoms with Crippen LogP contribution < -0.4 is 10.5 Å². The number of aromatic nitrogens is 2. The van der Waals surface area contributed by atoms with Crippen LogP contribution >= 0.6 is 0 Å². The average Bonchev–Trinajstić information content (AvgIpc) is 2.75. The maximum Gasteiger partial charge on any atom is 0.127 e. The van der Waals surface area contributed by atoms with Gasteiger partial charge in [-0.25, -0.2) is 4.39 Å². The monoisotopic (exact) mass is 263 g/mol. The first kappa shape index (κ1) is 13.5. The third-order valence-electron chi connectivity index (χ3n) is 2.91. The fourth-order valence-corrected chi connectivity index (χ4v) is 1.94. The molecule has 1 aromatic heterocycles. The van der Waals surface area contributed by atoms with Gasteiger partial charge in [-0.15, -0.1) is 0 Å². The smallest absolute Gasteiger partial charge is 0.127 e. The van der Waals surface area contributed by atoms with Gasteiger partial charge in [0.2, 0.25) is 0 Å². The van der Waals surface area contributed by atoms with Gasteiger partial charge in [0.1, 0.15) is 11.6 Å². The van der Waals surface area contributed by atoms with Crippen LogP contribution in [0.25, 0.3) is 0 Å². The molecule has 0 atom stereocenters. The Morgan fingerprint density at radius 1 is 1.32 bits per heavy atom. The lowest BCUT2D eigenvalue weighted by Gasteiger charge is -2.08. The first-order chi connectivity index (χ1) is 9.19. The van der Waals surface area contributed by atoms with E-state index in [1.807, 2.05) is 19.2 Å². The molecule has 4 nitrogen and oxygen atoms in total. The number of hydrogen-bond acceptors (Lipinski definition) is 3. The zero-order valence-electron chi connectivity index (χ0n) is 11.0. The molecule has 0 unspecified atom stereocenters. The van der Waals surface area contributed by atoms with Crippen molar-refractivity contribution in [3.05, 3.63) is 47.5 Å². The third kappa shape index (κ3) is 3.79. The molecule has 2 aromatic rings. The molecule has 1 aromatic carbocycles. The number of aryl methyl sites for hydroxylation is 1. The zero-order chi connectivity index (χ0) is 13.7. The van der Waals surface area contributed by atoms with Crippen molar-refractivity contribution in [3.8, 4) is 5.75 Å². The fourth-order valence-electron chi connectivity index (χ4n) is 1.94. The quantitative estimate of drug-likeness (QED) is 0.862. The number of nitrogens with two attached hydrogens (primary N) is 1. The molecule has 19 heavy (non-hydrogen) atoms. The van der Waals surface area contributed by atoms with Gasteiger partial charge >= 0.3 is 0 Å². The Kier molecular flexibility index (Phi) is 4.52. The highest BCUT2D eigenvalue weighted by Crippen LogP contribution is 2.17. The number of rotatable bonds is 6. The van der Waals surface area contributed by atoms with E-state index in [2.05, 4.69) is 5.10 Å². The molecule has 0 aliphatic carbocycles. The van der Waals surface area contributed by atoms with Crippen molar-refractivity contribution in [2.75, 3.05) is 13.2 Å². The van der Waals surface area contributed by atoms with E-state index in [0.29, 0.717) is 25.3 Å². The Morgan fingerprint density at radius 2 is 2.16 bits per heavy atom. The topological polar surface area (TPSA) is 53.1 Å². The first-order valence-corrected chi connectivity index (χ1v) is 6.28. The molecule has 0 amide bonds. The Labute approximate surface area is 112 Å². The highest BCUT2D eigenvalue weighted by atomic mass is 19.1. The van der Waals surface area contributed by atoms with Crippen molar-refractivity contribution in [1.82, 2.24) is 9.78 Å². The summed E-state index contributed by atoms with van der Waals surface area (Å²) < 4.78 is 20.8. The average molecular weight is 263 g/mol. The second kappa shape index (κ2) is 6.33. The predicted molar refractivity (Wildman–Crippen MR) is 71.6 cm³/mol. The van der Waals surface area contributed by atoms with E-state index in [0.717, 1.165) is 17.7 Å². The van der Waals surface area contributed by atoms with E-state index < -0.39 is 0 Å². The number of nitrogens with zero attached hydrogens (tertiary/aromatic N) is 2. The van der Waals surface area contributed by atoms with E-state index >= 15 is 0 Å². The Morgan fingerprint density at radius 3 is 2.84 bits per heavy atom. The molecular formula is C14H18FN3O. The fraction of sp³-hybridized carbons (Fsp3) is 0.357. The summed E-state index contributed by atoms with van der Waals surface area (Å²) >= 11 is 0. The molecule has 0 saturated heterocycles. The van der Waals surface area contributed by atoms with Gasteiger partial charge < -0.3 is 10.5 Å². The van der Waals surface area contributed by atoms with Crippen molar-refractivity contribution >= 4 is 0 Å². The Bertz CT molecular complexity index is 539. The number of hydrogen-bond donors (Lipinski definition) is 1. The van der Waals surface area contributed by atoms with E-state index in [9.17, 15) is 4.39 Å². The third-order valence-corrected chi connectivity index (χ3v) is 2.91. The molecule has 0 aliphatic rings. The van der Waals surface area contributed by atoms with Gasteiger partial charge in [-0.05, 0) is 36.7 Å². The van der Waals surface area contributed by atoms with Crippen LogP contribution in [-0.2, 0) is 19.9 Å². The van der Waals surface area contributed by atoms with Gasteiger partial charge in [0.05, 0.1) is 6.61 Å². The number of halogens is 1. The van der Waals surface area contributed by atoms with Crippen molar-refractivity contribution in [1.29, 1.82) is 0 Å². The highest BCUT2D eigenvalue weighted by Gasteiger charge is 2.03. The zero-order valence-corrected chi connectivity index (χ0v) is 11.0. The van der Waals surface area contributed by atoms with E-state index in [1.165, 1.54) is 12.1 Å². The summed E-state index contributed by atoms with van der Waals surface area (Å²) in [5.74, 6) is 0.257. The molecule has 2 N–H and O–H groups in total. The van der Waals surface area contributed by atoms with E-state index in [4.69, 9.17) is 10.5 Å². The minimum Gasteiger partial charge on any atom is -0.493 e. The van der Waals surface area contributed by atoms with E-state index in [1.54, 1.807) is 10.9 Å². The highest BCUT2D eigenvalue weighted by molar-refractivity contribution is 5.29. The minimum absolute atomic E-state index is 0.290. The molecule has 2 rings (SSSR count). The molecule has 0 spiro atoms. The molecule has 0 bridgehead atoms. The minimum atomic E-state index is -0.290. The molecular weight excluding hydrogens is 245 g/mol. The normalized spacial score (nSPS) is 10.7. The molecule has 0 fully saturated rings. The van der Waals surface area contributed by atoms with Crippen LogP contribution in [0.1, 0.15) is 11.3 Å². The summed E-state index contributed by atoms with van der Waals surface area (Å²) in [7, 11) is 1.89. The predicted octanol–water partition coefficient (Wildman–Crippen LogP) is 1.68. The van der Waals surface area contributed by atoms with Gasteiger partial charge in [0, 0.05) is 31.4 Å². The first-order valence-electron chi connectivity index (χ1n) is 6.28. The van der Waals surface area contributed by atoms with Gasteiger partial charge in [0.25, 0.3) is 0 Å². The molecule has 0 saturated carbocycles. The van der Waals surface area contributed by atoms with Gasteiger partial charge in [-0.2, -0.15) is 5.10 Å². The lowest BCUT2D eigenvalue weighted by Crippen LogP contribution is -2.07. The van der Waals surface area contributed by atoms with Crippen LogP contribution in [0.15, 0.2) is 30.5 Å². The van der Waals surface area contributed by atoms with E-state index in [-0.39, 0.29) is 5.82 Å². The Hall–Kier alpha value is -1.88. The second-order valence-electron chi connectivity index (χ2n) is 4.38. The van der Waals surface area contributed by atoms with Crippen molar-refractivity contribution < 1.29 is 9.13 Å². The van der Waals surface area contributed by atoms with Crippen LogP contribution in [0, 0.1) is 5.82 Å². The lowest BCUT2D eigenvalue weighted by atomic mass is 10.1. The van der Waals surface area contributed by atoms with Crippen molar-refractivity contribution in [3.63, 3.8) is 0 Å². The summed E-state index contributed by atoms with van der Waals surface area (Å²) in [5, 5.41) is 4.08. The van der Waals surface area contributed by atoms with Crippen LogP contribution in [0.3, 0.4) is 0 Å². The standard InChI is InChI=1S/C14H18FN3O/c1-18-13(3-6-17-18)4-7-19-14-9-11(2-5-16)8-12(15)10-14/h3,6,8-10H,2,4-5,7,16H2,1H3. The number of ether oxygens (including phenoxy) is 1. The van der Waals surface area contributed by atoms with Crippen LogP contribution in [-0.4, -0.2) is 22.9 Å². The van der Waals surface area contributed by atoms with Gasteiger partial charge in [-0.1, -0.05) is 0 Å². The summed E-state index contributed by atoms with van der Waals surface area (Å²) in [6.45, 7) is 0.989. The summed E-state index contributed by atoms with van der Waals surface area (Å²) in [5.41, 5.74) is 7.41. The SMILES string of the molecule is Cn1nccc1CCOc1cc(F)cc(CCN)c1. The van der Waals surface area contributed by atoms with Crippen molar-refractivity contribution in [2.24, 2.45) is 12.8 Å². The molecule has 0 radical (unpaired) electrons. The number of benzene rings is 1. The van der Waals surface area contributed by atoms with Crippen LogP contribution in [0.4, 0.5) is 4.39 Å². The summed E-state index contributed by atoms with van der Waals surface area (Å²) in [4.78, 5) is 0. The molecule has 102 valence electrons. The second-order valence-corrected chi connectivity index (χ2v) is 4.38. The maximum absolute atomic E-state index is 13.4. The van der Waals surface area contributed by atoms with Gasteiger partial charge in [-0.3, -0.25) is 4.68 Å². The molecule has 0 aliphatic heterocycles. The summed E-state index contributed by atoms with van der Waals surface area (Å²) in [6, 6.07) is 6.65.